The molecule has 0 spiro atoms. The van der Waals surface area contributed by atoms with Crippen LogP contribution in [0.15, 0.2) is 24.3 Å². The first-order valence-electron chi connectivity index (χ1n) is 13.8. The lowest BCUT2D eigenvalue weighted by Crippen LogP contribution is -2.33. The molecule has 0 amide bonds. The number of carbonyl (C=O) groups is 2. The highest BCUT2D eigenvalue weighted by atomic mass is 16.5. The Morgan fingerprint density at radius 1 is 0.806 bits per heavy atom. The Labute approximate surface area is 217 Å². The monoisotopic (exact) mass is 508 g/mol. The van der Waals surface area contributed by atoms with Crippen LogP contribution in [-0.4, -0.2) is 61.3 Å². The zero-order valence-electron chi connectivity index (χ0n) is 22.4. The molecule has 0 aromatic heterocycles. The van der Waals surface area contributed by atoms with E-state index in [4.69, 9.17) is 24.4 Å². The minimum Gasteiger partial charge on any atom is -0.462 e. The summed E-state index contributed by atoms with van der Waals surface area (Å²) in [6.45, 7) is 11.7. The van der Waals surface area contributed by atoms with Gasteiger partial charge in [0.25, 0.3) is 0 Å². The van der Waals surface area contributed by atoms with E-state index in [1.807, 2.05) is 0 Å². The first-order chi connectivity index (χ1) is 17.2. The molecule has 0 aromatic rings. The summed E-state index contributed by atoms with van der Waals surface area (Å²) < 4.78 is 16.9. The van der Waals surface area contributed by atoms with Crippen LogP contribution in [0, 0.1) is 29.6 Å². The fourth-order valence-corrected chi connectivity index (χ4v) is 5.58. The summed E-state index contributed by atoms with van der Waals surface area (Å²) in [4.78, 5) is 24.0. The number of ether oxygens (including phenoxy) is 3. The molecule has 2 aliphatic rings. The summed E-state index contributed by atoms with van der Waals surface area (Å²) in [7, 11) is 0. The van der Waals surface area contributed by atoms with Crippen molar-refractivity contribution in [3.63, 3.8) is 0 Å². The van der Waals surface area contributed by atoms with Gasteiger partial charge in [0, 0.05) is 12.5 Å². The molecule has 2 saturated carbocycles. The average Bonchev–Trinajstić information content (AvgIpc) is 2.90. The maximum atomic E-state index is 12.0. The summed E-state index contributed by atoms with van der Waals surface area (Å²) in [5.41, 5.74) is 0.00484. The SMILES string of the molecule is C=C(CO)C(=O)OCC(COC(=O)C(=C)CO)C1CCC(C2CCC(OCCCC(C)C)CC2)CC1. The minimum atomic E-state index is -0.634. The average molecular weight is 509 g/mol. The Morgan fingerprint density at radius 3 is 1.72 bits per heavy atom. The molecule has 7 heteroatoms. The minimum absolute atomic E-state index is 0.00242. The van der Waals surface area contributed by atoms with Crippen LogP contribution in [0.1, 0.15) is 78.1 Å². The highest BCUT2D eigenvalue weighted by Gasteiger charge is 2.34. The van der Waals surface area contributed by atoms with Gasteiger partial charge >= 0.3 is 11.9 Å². The van der Waals surface area contributed by atoms with E-state index in [9.17, 15) is 9.59 Å². The van der Waals surface area contributed by atoms with Crippen molar-refractivity contribution in [1.82, 2.24) is 0 Å². The molecular weight excluding hydrogens is 460 g/mol. The van der Waals surface area contributed by atoms with Crippen molar-refractivity contribution in [1.29, 1.82) is 0 Å². The van der Waals surface area contributed by atoms with E-state index in [1.165, 1.54) is 19.3 Å². The van der Waals surface area contributed by atoms with Gasteiger partial charge in [-0.05, 0) is 87.9 Å². The van der Waals surface area contributed by atoms with Crippen molar-refractivity contribution >= 4 is 11.9 Å². The summed E-state index contributed by atoms with van der Waals surface area (Å²) in [5.74, 6) is 1.04. The second-order valence-electron chi connectivity index (χ2n) is 11.1. The third kappa shape index (κ3) is 10.3. The quantitative estimate of drug-likeness (QED) is 0.189. The van der Waals surface area contributed by atoms with Crippen molar-refractivity contribution in [2.45, 2.75) is 84.2 Å². The van der Waals surface area contributed by atoms with Gasteiger partial charge in [0.05, 0.1) is 43.7 Å². The van der Waals surface area contributed by atoms with Crippen molar-refractivity contribution < 1.29 is 34.0 Å². The van der Waals surface area contributed by atoms with E-state index in [1.54, 1.807) is 0 Å². The van der Waals surface area contributed by atoms with Crippen LogP contribution in [-0.2, 0) is 23.8 Å². The van der Waals surface area contributed by atoms with Gasteiger partial charge in [-0.15, -0.1) is 0 Å². The standard InChI is InChI=1S/C29H48O7/c1-20(2)6-5-15-34-27-13-11-24(12-14-27)23-7-9-25(10-8-23)26(18-35-28(32)21(3)16-30)19-36-29(33)22(4)17-31/h20,23-27,30-31H,3-19H2,1-2H3. The smallest absolute Gasteiger partial charge is 0.335 e. The summed E-state index contributed by atoms with van der Waals surface area (Å²) in [6, 6.07) is 0. The van der Waals surface area contributed by atoms with Crippen LogP contribution in [0.5, 0.6) is 0 Å². The molecule has 0 aliphatic heterocycles. The van der Waals surface area contributed by atoms with Crippen LogP contribution in [0.3, 0.4) is 0 Å². The number of carbonyl (C=O) groups excluding carboxylic acids is 2. The van der Waals surface area contributed by atoms with Gasteiger partial charge in [-0.1, -0.05) is 27.0 Å². The van der Waals surface area contributed by atoms with Gasteiger partial charge < -0.3 is 24.4 Å². The van der Waals surface area contributed by atoms with E-state index < -0.39 is 25.2 Å². The zero-order valence-corrected chi connectivity index (χ0v) is 22.4. The first kappa shape index (κ1) is 30.5. The van der Waals surface area contributed by atoms with Crippen LogP contribution < -0.4 is 0 Å². The molecular formula is C29H48O7. The van der Waals surface area contributed by atoms with Crippen LogP contribution in [0.2, 0.25) is 0 Å². The Morgan fingerprint density at radius 2 is 1.28 bits per heavy atom. The number of rotatable bonds is 15. The Bertz CT molecular complexity index is 668. The third-order valence-electron chi connectivity index (χ3n) is 7.96. The van der Waals surface area contributed by atoms with Crippen molar-refractivity contribution in [3.8, 4) is 0 Å². The predicted octanol–water partition coefficient (Wildman–Crippen LogP) is 4.60. The number of hydrogen-bond donors (Lipinski definition) is 2. The van der Waals surface area contributed by atoms with E-state index in [0.29, 0.717) is 12.0 Å². The fourth-order valence-electron chi connectivity index (χ4n) is 5.58. The predicted molar refractivity (Wildman–Crippen MR) is 139 cm³/mol. The summed E-state index contributed by atoms with van der Waals surface area (Å²) >= 11 is 0. The fraction of sp³-hybridized carbons (Fsp3) is 0.793. The number of aliphatic hydroxyl groups is 2. The maximum Gasteiger partial charge on any atom is 0.335 e. The molecule has 36 heavy (non-hydrogen) atoms. The van der Waals surface area contributed by atoms with Gasteiger partial charge in [-0.2, -0.15) is 0 Å². The maximum absolute atomic E-state index is 12.0. The van der Waals surface area contributed by atoms with E-state index in [0.717, 1.165) is 63.4 Å². The molecule has 0 aromatic carbocycles. The number of hydrogen-bond acceptors (Lipinski definition) is 7. The largest absolute Gasteiger partial charge is 0.462 e. The zero-order chi connectivity index (χ0) is 26.5. The molecule has 0 bridgehead atoms. The van der Waals surface area contributed by atoms with Gasteiger partial charge in [0.15, 0.2) is 0 Å². The van der Waals surface area contributed by atoms with Crippen molar-refractivity contribution in [2.24, 2.45) is 29.6 Å². The molecule has 206 valence electrons. The molecule has 2 N–H and O–H groups in total. The van der Waals surface area contributed by atoms with Crippen molar-refractivity contribution in [2.75, 3.05) is 33.0 Å². The summed E-state index contributed by atoms with van der Waals surface area (Å²) in [5, 5.41) is 18.2. The molecule has 0 saturated heterocycles. The van der Waals surface area contributed by atoms with Gasteiger partial charge in [0.1, 0.15) is 0 Å². The summed E-state index contributed by atoms with van der Waals surface area (Å²) in [6.07, 6.45) is 11.8. The second kappa shape index (κ2) is 16.2. The van der Waals surface area contributed by atoms with Crippen LogP contribution in [0.25, 0.3) is 0 Å². The Hall–Kier alpha value is -1.70. The van der Waals surface area contributed by atoms with Crippen LogP contribution in [0.4, 0.5) is 0 Å². The molecule has 2 aliphatic carbocycles. The van der Waals surface area contributed by atoms with Gasteiger partial charge in [0.2, 0.25) is 0 Å². The molecule has 0 heterocycles. The lowest BCUT2D eigenvalue weighted by atomic mass is 9.68. The lowest BCUT2D eigenvalue weighted by molar-refractivity contribution is -0.146. The van der Waals surface area contributed by atoms with Crippen molar-refractivity contribution in [3.05, 3.63) is 24.3 Å². The molecule has 2 rings (SSSR count). The molecule has 7 nitrogen and oxygen atoms in total. The number of esters is 2. The molecule has 0 radical (unpaired) electrons. The van der Waals surface area contributed by atoms with Gasteiger partial charge in [-0.25, -0.2) is 9.59 Å². The lowest BCUT2D eigenvalue weighted by Gasteiger charge is -2.39. The Balaban J connectivity index is 1.81. The van der Waals surface area contributed by atoms with E-state index in [-0.39, 0.29) is 36.2 Å². The molecule has 2 fully saturated rings. The van der Waals surface area contributed by atoms with E-state index >= 15 is 0 Å². The first-order valence-corrected chi connectivity index (χ1v) is 13.8. The third-order valence-corrected chi connectivity index (χ3v) is 7.96. The molecule has 0 atom stereocenters. The normalized spacial score (nSPS) is 24.5. The highest BCUT2D eigenvalue weighted by Crippen LogP contribution is 2.42. The highest BCUT2D eigenvalue weighted by molar-refractivity contribution is 5.88. The van der Waals surface area contributed by atoms with Crippen LogP contribution >= 0.6 is 0 Å². The topological polar surface area (TPSA) is 102 Å². The number of aliphatic hydroxyl groups excluding tert-OH is 2. The van der Waals surface area contributed by atoms with E-state index in [2.05, 4.69) is 27.0 Å². The second-order valence-corrected chi connectivity index (χ2v) is 11.1. The molecule has 0 unspecified atom stereocenters. The Kier molecular flexibility index (Phi) is 13.7. The van der Waals surface area contributed by atoms with Gasteiger partial charge in [-0.3, -0.25) is 0 Å².